The monoisotopic (exact) mass is 721 g/mol. The molecular weight excluding hydrogens is 695 g/mol. The Morgan fingerprint density at radius 3 is 1.76 bits per heavy atom. The molecule has 12 rings (SSSR count). The highest BCUT2D eigenvalue weighted by molar-refractivity contribution is 7.25. The van der Waals surface area contributed by atoms with Gasteiger partial charge in [-0.3, -0.25) is 0 Å². The van der Waals surface area contributed by atoms with E-state index < -0.39 is 0 Å². The topological polar surface area (TPSA) is 65.0 Å². The number of fused-ring (bicyclic) bond motifs is 11. The summed E-state index contributed by atoms with van der Waals surface area (Å²) in [7, 11) is 0. The number of aromatic nitrogens is 3. The Balaban J connectivity index is 1.10. The van der Waals surface area contributed by atoms with Crippen molar-refractivity contribution in [1.82, 2.24) is 15.0 Å². The van der Waals surface area contributed by atoms with Crippen LogP contribution < -0.4 is 0 Å². The predicted octanol–water partition coefficient (Wildman–Crippen LogP) is 13.9. The molecule has 55 heavy (non-hydrogen) atoms. The lowest BCUT2D eigenvalue weighted by Crippen LogP contribution is -2.00. The lowest BCUT2D eigenvalue weighted by Gasteiger charge is -2.11. The summed E-state index contributed by atoms with van der Waals surface area (Å²) in [6.07, 6.45) is 0. The smallest absolute Gasteiger partial charge is 0.164 e. The third-order valence-electron chi connectivity index (χ3n) is 10.7. The van der Waals surface area contributed by atoms with E-state index >= 15 is 0 Å². The molecule has 6 heteroatoms. The maximum absolute atomic E-state index is 6.28. The molecule has 0 unspecified atom stereocenters. The number of hydrogen-bond acceptors (Lipinski definition) is 6. The standard InChI is InChI=1S/C49H27N3O2S/c1-4-17-38-33(12-1)44-32(15-8-19-40(44)53-38)29-10-7-11-30(26-29)47-50-48(52-49(51-47)36-16-9-21-43-46(36)35-14-3-6-20-42(35)55-43)31-23-22-28-24-25-41-45(37(28)27-31)34-13-2-5-18-39(34)54-41/h1-27H. The fourth-order valence-electron chi connectivity index (χ4n) is 8.24. The molecule has 0 aliphatic rings. The van der Waals surface area contributed by atoms with Crippen LogP contribution in [0.4, 0.5) is 0 Å². The summed E-state index contributed by atoms with van der Waals surface area (Å²) < 4.78 is 15.0. The Labute approximate surface area is 317 Å². The SMILES string of the molecule is c1cc(-c2nc(-c3ccc4ccc5oc6ccccc6c5c4c3)nc(-c3cccc4sc5ccccc5c34)n2)cc(-c2cccc3oc4ccccc4c23)c1. The van der Waals surface area contributed by atoms with Crippen molar-refractivity contribution in [3.63, 3.8) is 0 Å². The Kier molecular flexibility index (Phi) is 6.44. The molecule has 0 N–H and O–H groups in total. The van der Waals surface area contributed by atoms with E-state index in [-0.39, 0.29) is 0 Å². The molecule has 0 fully saturated rings. The second-order valence-corrected chi connectivity index (χ2v) is 15.0. The number of nitrogens with zero attached hydrogens (tertiary/aromatic N) is 3. The molecule has 0 spiro atoms. The van der Waals surface area contributed by atoms with Gasteiger partial charge in [0, 0.05) is 58.4 Å². The lowest BCUT2D eigenvalue weighted by atomic mass is 9.97. The van der Waals surface area contributed by atoms with Gasteiger partial charge in [0.25, 0.3) is 0 Å². The highest BCUT2D eigenvalue weighted by atomic mass is 32.1. The van der Waals surface area contributed by atoms with Crippen LogP contribution in [0, 0.1) is 0 Å². The van der Waals surface area contributed by atoms with Crippen LogP contribution in [0.25, 0.3) is 120 Å². The van der Waals surface area contributed by atoms with Gasteiger partial charge in [0.2, 0.25) is 0 Å². The van der Waals surface area contributed by atoms with Crippen LogP contribution in [0.5, 0.6) is 0 Å². The Morgan fingerprint density at radius 1 is 0.345 bits per heavy atom. The number of hydrogen-bond donors (Lipinski definition) is 0. The van der Waals surface area contributed by atoms with E-state index in [9.17, 15) is 0 Å². The van der Waals surface area contributed by atoms with Crippen molar-refractivity contribution in [1.29, 1.82) is 0 Å². The van der Waals surface area contributed by atoms with Crippen molar-refractivity contribution in [2.75, 3.05) is 0 Å². The first-order chi connectivity index (χ1) is 27.2. The maximum atomic E-state index is 6.28. The van der Waals surface area contributed by atoms with Crippen molar-refractivity contribution in [2.45, 2.75) is 0 Å². The summed E-state index contributed by atoms with van der Waals surface area (Å²) in [5.41, 5.74) is 8.41. The summed E-state index contributed by atoms with van der Waals surface area (Å²) in [6.45, 7) is 0. The van der Waals surface area contributed by atoms with Gasteiger partial charge < -0.3 is 8.83 Å². The Hall–Kier alpha value is -7.15. The highest BCUT2D eigenvalue weighted by Gasteiger charge is 2.19. The minimum Gasteiger partial charge on any atom is -0.456 e. The second kappa shape index (κ2) is 11.7. The van der Waals surface area contributed by atoms with E-state index in [4.69, 9.17) is 23.8 Å². The molecule has 4 aromatic heterocycles. The van der Waals surface area contributed by atoms with Gasteiger partial charge in [-0.05, 0) is 70.4 Å². The lowest BCUT2D eigenvalue weighted by molar-refractivity contribution is 0.668. The quantitative estimate of drug-likeness (QED) is 0.181. The van der Waals surface area contributed by atoms with Gasteiger partial charge in [-0.15, -0.1) is 11.3 Å². The zero-order valence-electron chi connectivity index (χ0n) is 29.2. The molecule has 0 radical (unpaired) electrons. The largest absolute Gasteiger partial charge is 0.456 e. The van der Waals surface area contributed by atoms with E-state index in [0.29, 0.717) is 17.5 Å². The predicted molar refractivity (Wildman–Crippen MR) is 227 cm³/mol. The van der Waals surface area contributed by atoms with Gasteiger partial charge in [-0.2, -0.15) is 0 Å². The normalized spacial score (nSPS) is 12.0. The van der Waals surface area contributed by atoms with Crippen LogP contribution in [0.1, 0.15) is 0 Å². The average molecular weight is 722 g/mol. The Bertz CT molecular complexity index is 3520. The second-order valence-electron chi connectivity index (χ2n) is 13.9. The molecule has 0 atom stereocenters. The van der Waals surface area contributed by atoms with Crippen molar-refractivity contribution in [2.24, 2.45) is 0 Å². The van der Waals surface area contributed by atoms with E-state index in [1.54, 1.807) is 11.3 Å². The van der Waals surface area contributed by atoms with E-state index in [1.807, 2.05) is 30.3 Å². The van der Waals surface area contributed by atoms with E-state index in [1.165, 1.54) is 14.8 Å². The van der Waals surface area contributed by atoms with Crippen LogP contribution in [0.15, 0.2) is 173 Å². The first-order valence-corrected chi connectivity index (χ1v) is 19.1. The zero-order valence-corrected chi connectivity index (χ0v) is 30.0. The van der Waals surface area contributed by atoms with Crippen molar-refractivity contribution >= 4 is 86.2 Å². The van der Waals surface area contributed by atoms with Crippen LogP contribution in [-0.4, -0.2) is 15.0 Å². The van der Waals surface area contributed by atoms with Crippen LogP contribution in [0.2, 0.25) is 0 Å². The van der Waals surface area contributed by atoms with Gasteiger partial charge in [0.1, 0.15) is 22.3 Å². The van der Waals surface area contributed by atoms with Gasteiger partial charge in [-0.1, -0.05) is 115 Å². The number of benzene rings is 8. The average Bonchev–Trinajstić information content (AvgIpc) is 3.95. The fourth-order valence-corrected chi connectivity index (χ4v) is 9.37. The minimum absolute atomic E-state index is 0.606. The van der Waals surface area contributed by atoms with Gasteiger partial charge in [0.15, 0.2) is 17.5 Å². The number of rotatable bonds is 4. The fraction of sp³-hybridized carbons (Fsp3) is 0. The van der Waals surface area contributed by atoms with Crippen LogP contribution in [0.3, 0.4) is 0 Å². The number of para-hydroxylation sites is 2. The molecule has 0 aliphatic carbocycles. The van der Waals surface area contributed by atoms with Crippen molar-refractivity contribution in [3.8, 4) is 45.3 Å². The molecule has 12 aromatic rings. The van der Waals surface area contributed by atoms with Crippen molar-refractivity contribution in [3.05, 3.63) is 164 Å². The molecule has 0 aliphatic heterocycles. The third-order valence-corrected chi connectivity index (χ3v) is 11.9. The maximum Gasteiger partial charge on any atom is 0.164 e. The first kappa shape index (κ1) is 30.3. The summed E-state index contributed by atoms with van der Waals surface area (Å²) in [4.78, 5) is 15.8. The van der Waals surface area contributed by atoms with E-state index in [0.717, 1.165) is 87.9 Å². The number of thiophene rings is 1. The zero-order chi connectivity index (χ0) is 36.0. The molecule has 8 aromatic carbocycles. The molecule has 0 saturated heterocycles. The molecule has 0 bridgehead atoms. The summed E-state index contributed by atoms with van der Waals surface area (Å²) >= 11 is 1.79. The van der Waals surface area contributed by atoms with Crippen LogP contribution in [-0.2, 0) is 0 Å². The number of furan rings is 2. The van der Waals surface area contributed by atoms with Crippen molar-refractivity contribution < 1.29 is 8.83 Å². The van der Waals surface area contributed by atoms with Crippen LogP contribution >= 0.6 is 11.3 Å². The summed E-state index contributed by atoms with van der Waals surface area (Å²) in [5, 5.41) is 8.94. The molecular formula is C49H27N3O2S. The highest BCUT2D eigenvalue weighted by Crippen LogP contribution is 2.42. The van der Waals surface area contributed by atoms with E-state index in [2.05, 4.69) is 133 Å². The minimum atomic E-state index is 0.606. The molecule has 0 saturated carbocycles. The molecule has 0 amide bonds. The molecule has 256 valence electrons. The first-order valence-electron chi connectivity index (χ1n) is 18.3. The van der Waals surface area contributed by atoms with Gasteiger partial charge in [-0.25, -0.2) is 15.0 Å². The Morgan fingerprint density at radius 2 is 0.927 bits per heavy atom. The molecule has 4 heterocycles. The van der Waals surface area contributed by atoms with Gasteiger partial charge >= 0.3 is 0 Å². The molecule has 5 nitrogen and oxygen atoms in total. The van der Waals surface area contributed by atoms with Gasteiger partial charge in [0.05, 0.1) is 0 Å². The summed E-state index contributed by atoms with van der Waals surface area (Å²) in [5.74, 6) is 1.85. The summed E-state index contributed by atoms with van der Waals surface area (Å²) in [6, 6.07) is 56.8. The third kappa shape index (κ3) is 4.68.